The molecule has 1 N–H and O–H groups in total. The van der Waals surface area contributed by atoms with Crippen molar-refractivity contribution in [2.75, 3.05) is 0 Å². The maximum absolute atomic E-state index is 10.2. The van der Waals surface area contributed by atoms with Gasteiger partial charge < -0.3 is 5.11 Å². The molecule has 25 heavy (non-hydrogen) atoms. The molecule has 132 valence electrons. The number of phenolic OH excluding ortho intramolecular Hbond substituents is 1. The molecule has 1 unspecified atom stereocenters. The van der Waals surface area contributed by atoms with E-state index in [1.807, 2.05) is 25.1 Å². The number of aromatic hydroxyl groups is 1. The average Bonchev–Trinajstić information content (AvgIpc) is 3.05. The molecule has 3 aromatic rings. The van der Waals surface area contributed by atoms with Gasteiger partial charge in [-0.1, -0.05) is 57.7 Å². The van der Waals surface area contributed by atoms with E-state index in [1.165, 1.54) is 31.2 Å². The Balaban J connectivity index is 1.96. The Kier molecular flexibility index (Phi) is 5.37. The topological polar surface area (TPSA) is 50.9 Å². The van der Waals surface area contributed by atoms with E-state index in [4.69, 9.17) is 5.10 Å². The van der Waals surface area contributed by atoms with Crippen molar-refractivity contribution >= 4 is 11.0 Å². The van der Waals surface area contributed by atoms with Gasteiger partial charge in [-0.05, 0) is 48.6 Å². The number of nitrogens with zero attached hydrogens (tertiary/aromatic N) is 3. The Morgan fingerprint density at radius 3 is 2.72 bits per heavy atom. The maximum Gasteiger partial charge on any atom is 0.143 e. The molecule has 0 spiro atoms. The molecule has 0 bridgehead atoms. The zero-order chi connectivity index (χ0) is 17.8. The first kappa shape index (κ1) is 17.5. The predicted molar refractivity (Wildman–Crippen MR) is 102 cm³/mol. The molecule has 0 aliphatic rings. The maximum atomic E-state index is 10.2. The molecule has 1 atom stereocenters. The van der Waals surface area contributed by atoms with Crippen LogP contribution in [0, 0.1) is 12.8 Å². The molecular weight excluding hydrogens is 310 g/mol. The fraction of sp³-hybridized carbons (Fsp3) is 0.429. The van der Waals surface area contributed by atoms with Crippen LogP contribution in [0.4, 0.5) is 0 Å². The molecule has 4 heteroatoms. The van der Waals surface area contributed by atoms with Gasteiger partial charge in [0.2, 0.25) is 0 Å². The van der Waals surface area contributed by atoms with Gasteiger partial charge in [0, 0.05) is 0 Å². The van der Waals surface area contributed by atoms with Crippen LogP contribution in [0.2, 0.25) is 0 Å². The first-order chi connectivity index (χ1) is 12.1. The Labute approximate surface area is 149 Å². The van der Waals surface area contributed by atoms with E-state index in [-0.39, 0.29) is 5.75 Å². The number of rotatable bonds is 7. The van der Waals surface area contributed by atoms with Crippen molar-refractivity contribution < 1.29 is 5.11 Å². The highest BCUT2D eigenvalue weighted by Crippen LogP contribution is 2.26. The van der Waals surface area contributed by atoms with Gasteiger partial charge in [0.1, 0.15) is 22.5 Å². The van der Waals surface area contributed by atoms with Gasteiger partial charge in [0.25, 0.3) is 0 Å². The second kappa shape index (κ2) is 7.68. The smallest absolute Gasteiger partial charge is 0.143 e. The third-order valence-electron chi connectivity index (χ3n) is 4.89. The summed E-state index contributed by atoms with van der Waals surface area (Å²) in [6.45, 7) is 6.51. The summed E-state index contributed by atoms with van der Waals surface area (Å²) in [7, 11) is 0. The first-order valence-corrected chi connectivity index (χ1v) is 9.27. The molecule has 0 aliphatic heterocycles. The van der Waals surface area contributed by atoms with Crippen molar-refractivity contribution in [2.45, 2.75) is 52.9 Å². The number of benzene rings is 2. The van der Waals surface area contributed by atoms with Crippen LogP contribution in [0.5, 0.6) is 5.75 Å². The van der Waals surface area contributed by atoms with E-state index in [1.54, 1.807) is 10.9 Å². The van der Waals surface area contributed by atoms with Crippen molar-refractivity contribution in [3.05, 3.63) is 47.5 Å². The molecular formula is C21H27N3O. The molecule has 4 nitrogen and oxygen atoms in total. The normalized spacial score (nSPS) is 12.6. The van der Waals surface area contributed by atoms with Gasteiger partial charge in [-0.25, -0.2) is 0 Å². The summed E-state index contributed by atoms with van der Waals surface area (Å²) in [6.07, 6.45) is 5.99. The van der Waals surface area contributed by atoms with Crippen molar-refractivity contribution in [2.24, 2.45) is 5.92 Å². The molecule has 1 aromatic heterocycles. The Hall–Kier alpha value is -2.36. The minimum atomic E-state index is 0.196. The molecule has 2 aromatic carbocycles. The number of aryl methyl sites for hydroxylation is 1. The average molecular weight is 337 g/mol. The molecule has 0 radical (unpaired) electrons. The van der Waals surface area contributed by atoms with E-state index in [2.05, 4.69) is 31.1 Å². The highest BCUT2D eigenvalue weighted by molar-refractivity contribution is 5.78. The van der Waals surface area contributed by atoms with Gasteiger partial charge in [-0.3, -0.25) is 0 Å². The standard InChI is InChI=1S/C21H27N3O/c1-4-6-8-16(5-2)14-17-9-7-10-18-21(17)23-24(22-18)19-13-15(3)11-12-20(19)25/h7,9-13,16,25H,4-6,8,14H2,1-3H3. The van der Waals surface area contributed by atoms with Crippen molar-refractivity contribution in [3.8, 4) is 11.4 Å². The van der Waals surface area contributed by atoms with Crippen LogP contribution in [0.25, 0.3) is 16.7 Å². The molecule has 0 aliphatic carbocycles. The zero-order valence-electron chi connectivity index (χ0n) is 15.4. The lowest BCUT2D eigenvalue weighted by Gasteiger charge is -2.14. The van der Waals surface area contributed by atoms with Crippen LogP contribution in [0.1, 0.15) is 50.7 Å². The predicted octanol–water partition coefficient (Wildman–Crippen LogP) is 5.19. The third-order valence-corrected chi connectivity index (χ3v) is 4.89. The van der Waals surface area contributed by atoms with Crippen molar-refractivity contribution in [1.29, 1.82) is 0 Å². The largest absolute Gasteiger partial charge is 0.506 e. The minimum Gasteiger partial charge on any atom is -0.506 e. The van der Waals surface area contributed by atoms with E-state index in [0.717, 1.165) is 23.0 Å². The SMILES string of the molecule is CCCCC(CC)Cc1cccc2nn(-c3cc(C)ccc3O)nc12. The van der Waals surface area contributed by atoms with Crippen molar-refractivity contribution in [3.63, 3.8) is 0 Å². The first-order valence-electron chi connectivity index (χ1n) is 9.27. The lowest BCUT2D eigenvalue weighted by atomic mass is 9.91. The van der Waals surface area contributed by atoms with Crippen LogP contribution in [0.3, 0.4) is 0 Å². The van der Waals surface area contributed by atoms with Gasteiger partial charge in [0.15, 0.2) is 0 Å². The number of phenols is 1. The molecule has 0 fully saturated rings. The van der Waals surface area contributed by atoms with Gasteiger partial charge in [-0.15, -0.1) is 15.0 Å². The number of aromatic nitrogens is 3. The highest BCUT2D eigenvalue weighted by atomic mass is 16.3. The third kappa shape index (κ3) is 3.84. The van der Waals surface area contributed by atoms with Crippen LogP contribution < -0.4 is 0 Å². The monoisotopic (exact) mass is 337 g/mol. The van der Waals surface area contributed by atoms with Gasteiger partial charge in [-0.2, -0.15) is 0 Å². The van der Waals surface area contributed by atoms with Crippen LogP contribution in [0.15, 0.2) is 36.4 Å². The minimum absolute atomic E-state index is 0.196. The second-order valence-corrected chi connectivity index (χ2v) is 6.89. The molecule has 0 amide bonds. The lowest BCUT2D eigenvalue weighted by Crippen LogP contribution is -2.04. The number of unbranched alkanes of at least 4 members (excludes halogenated alkanes) is 1. The Bertz CT molecular complexity index is 853. The second-order valence-electron chi connectivity index (χ2n) is 6.89. The number of hydrogen-bond donors (Lipinski definition) is 1. The summed E-state index contributed by atoms with van der Waals surface area (Å²) in [4.78, 5) is 1.56. The molecule has 0 saturated carbocycles. The zero-order valence-corrected chi connectivity index (χ0v) is 15.4. The van der Waals surface area contributed by atoms with Gasteiger partial charge >= 0.3 is 0 Å². The fourth-order valence-electron chi connectivity index (χ4n) is 3.31. The quantitative estimate of drug-likeness (QED) is 0.645. The van der Waals surface area contributed by atoms with Gasteiger partial charge in [0.05, 0.1) is 0 Å². The summed E-state index contributed by atoms with van der Waals surface area (Å²) >= 11 is 0. The van der Waals surface area contributed by atoms with E-state index in [0.29, 0.717) is 11.6 Å². The Morgan fingerprint density at radius 1 is 1.12 bits per heavy atom. The van der Waals surface area contributed by atoms with Crippen molar-refractivity contribution in [1.82, 2.24) is 15.0 Å². The summed E-state index contributed by atoms with van der Waals surface area (Å²) in [5.74, 6) is 0.880. The Morgan fingerprint density at radius 2 is 1.96 bits per heavy atom. The summed E-state index contributed by atoms with van der Waals surface area (Å²) in [5, 5.41) is 19.4. The van der Waals surface area contributed by atoms with Crippen LogP contribution in [-0.2, 0) is 6.42 Å². The van der Waals surface area contributed by atoms with E-state index < -0.39 is 0 Å². The lowest BCUT2D eigenvalue weighted by molar-refractivity contribution is 0.450. The highest BCUT2D eigenvalue weighted by Gasteiger charge is 2.14. The number of fused-ring (bicyclic) bond motifs is 1. The fourth-order valence-corrected chi connectivity index (χ4v) is 3.31. The van der Waals surface area contributed by atoms with E-state index >= 15 is 0 Å². The summed E-state index contributed by atoms with van der Waals surface area (Å²) < 4.78 is 0. The molecule has 3 rings (SSSR count). The van der Waals surface area contributed by atoms with Crippen LogP contribution in [-0.4, -0.2) is 20.1 Å². The molecule has 0 saturated heterocycles. The number of hydrogen-bond acceptors (Lipinski definition) is 3. The van der Waals surface area contributed by atoms with E-state index in [9.17, 15) is 5.11 Å². The summed E-state index contributed by atoms with van der Waals surface area (Å²) in [6, 6.07) is 11.7. The van der Waals surface area contributed by atoms with Crippen LogP contribution >= 0.6 is 0 Å². The summed E-state index contributed by atoms with van der Waals surface area (Å²) in [5.41, 5.74) is 4.76. The molecule has 1 heterocycles.